The summed E-state index contributed by atoms with van der Waals surface area (Å²) in [6, 6.07) is 6.02. The molecule has 71 valence electrons. The van der Waals surface area contributed by atoms with Crippen LogP contribution >= 0.6 is 22.6 Å². The van der Waals surface area contributed by atoms with Gasteiger partial charge in [-0.2, -0.15) is 0 Å². The SMILES string of the molecule is [CH2]c1cc(I)cc(OCC(C)C)c1. The van der Waals surface area contributed by atoms with Gasteiger partial charge in [0.2, 0.25) is 0 Å². The van der Waals surface area contributed by atoms with E-state index in [1.807, 2.05) is 18.2 Å². The van der Waals surface area contributed by atoms with Gasteiger partial charge in [0, 0.05) is 3.57 Å². The van der Waals surface area contributed by atoms with E-state index >= 15 is 0 Å². The maximum Gasteiger partial charge on any atom is 0.120 e. The highest BCUT2D eigenvalue weighted by molar-refractivity contribution is 14.1. The predicted molar refractivity (Wildman–Crippen MR) is 64.0 cm³/mol. The molecule has 0 saturated carbocycles. The van der Waals surface area contributed by atoms with E-state index < -0.39 is 0 Å². The maximum absolute atomic E-state index is 5.58. The van der Waals surface area contributed by atoms with Gasteiger partial charge in [0.25, 0.3) is 0 Å². The second kappa shape index (κ2) is 4.84. The van der Waals surface area contributed by atoms with Crippen molar-refractivity contribution in [3.63, 3.8) is 0 Å². The van der Waals surface area contributed by atoms with Crippen LogP contribution in [0, 0.1) is 16.4 Å². The molecule has 0 heterocycles. The number of hydrogen-bond acceptors (Lipinski definition) is 1. The van der Waals surface area contributed by atoms with E-state index in [1.165, 1.54) is 3.57 Å². The molecule has 1 rings (SSSR count). The Labute approximate surface area is 93.6 Å². The average Bonchev–Trinajstić information content (AvgIpc) is 1.99. The number of rotatable bonds is 3. The van der Waals surface area contributed by atoms with Gasteiger partial charge < -0.3 is 4.74 Å². The third-order valence-electron chi connectivity index (χ3n) is 1.51. The van der Waals surface area contributed by atoms with Crippen molar-refractivity contribution < 1.29 is 4.74 Å². The van der Waals surface area contributed by atoms with Gasteiger partial charge in [-0.25, -0.2) is 0 Å². The Morgan fingerprint density at radius 3 is 2.62 bits per heavy atom. The summed E-state index contributed by atoms with van der Waals surface area (Å²) in [6.45, 7) is 8.92. The van der Waals surface area contributed by atoms with E-state index in [9.17, 15) is 0 Å². The Morgan fingerprint density at radius 2 is 2.08 bits per heavy atom. The molecule has 0 unspecified atom stereocenters. The molecule has 1 aromatic rings. The van der Waals surface area contributed by atoms with E-state index in [4.69, 9.17) is 4.74 Å². The Balaban J connectivity index is 2.66. The minimum atomic E-state index is 0.561. The normalized spacial score (nSPS) is 10.5. The van der Waals surface area contributed by atoms with Crippen LogP contribution in [0.4, 0.5) is 0 Å². The summed E-state index contributed by atoms with van der Waals surface area (Å²) in [4.78, 5) is 0. The van der Waals surface area contributed by atoms with E-state index in [0.717, 1.165) is 17.9 Å². The molecule has 0 amide bonds. The van der Waals surface area contributed by atoms with Crippen molar-refractivity contribution in [2.75, 3.05) is 6.61 Å². The number of hydrogen-bond donors (Lipinski definition) is 0. The number of ether oxygens (including phenoxy) is 1. The molecule has 0 N–H and O–H groups in total. The highest BCUT2D eigenvalue weighted by atomic mass is 127. The minimum absolute atomic E-state index is 0.561. The first-order valence-electron chi connectivity index (χ1n) is 4.33. The smallest absolute Gasteiger partial charge is 0.120 e. The third kappa shape index (κ3) is 3.98. The molecule has 2 heteroatoms. The van der Waals surface area contributed by atoms with Crippen LogP contribution in [0.15, 0.2) is 18.2 Å². The molecule has 0 aliphatic heterocycles. The monoisotopic (exact) mass is 289 g/mol. The minimum Gasteiger partial charge on any atom is -0.493 e. The van der Waals surface area contributed by atoms with Crippen molar-refractivity contribution in [1.29, 1.82) is 0 Å². The summed E-state index contributed by atoms with van der Waals surface area (Å²) < 4.78 is 6.75. The Kier molecular flexibility index (Phi) is 4.03. The highest BCUT2D eigenvalue weighted by Crippen LogP contribution is 2.18. The van der Waals surface area contributed by atoms with Gasteiger partial charge in [-0.1, -0.05) is 13.8 Å². The molecule has 0 atom stereocenters. The topological polar surface area (TPSA) is 9.23 Å². The van der Waals surface area contributed by atoms with Crippen molar-refractivity contribution in [3.8, 4) is 5.75 Å². The van der Waals surface area contributed by atoms with Crippen molar-refractivity contribution >= 4 is 22.6 Å². The van der Waals surface area contributed by atoms with Gasteiger partial charge in [-0.3, -0.25) is 0 Å². The van der Waals surface area contributed by atoms with Crippen LogP contribution in [0.2, 0.25) is 0 Å². The van der Waals surface area contributed by atoms with Gasteiger partial charge in [0.1, 0.15) is 5.75 Å². The lowest BCUT2D eigenvalue weighted by molar-refractivity contribution is 0.271. The summed E-state index contributed by atoms with van der Waals surface area (Å²) >= 11 is 2.27. The first kappa shape index (κ1) is 10.8. The van der Waals surface area contributed by atoms with Crippen LogP contribution in [0.5, 0.6) is 5.75 Å². The molecule has 0 saturated heterocycles. The molecule has 0 aliphatic rings. The molecule has 0 fully saturated rings. The molecular weight excluding hydrogens is 275 g/mol. The van der Waals surface area contributed by atoms with Crippen LogP contribution in [0.3, 0.4) is 0 Å². The second-order valence-electron chi connectivity index (χ2n) is 3.50. The Bertz CT molecular complexity index is 261. The van der Waals surface area contributed by atoms with Gasteiger partial charge in [0.05, 0.1) is 6.61 Å². The fourth-order valence-corrected chi connectivity index (χ4v) is 1.67. The van der Waals surface area contributed by atoms with Gasteiger partial charge in [-0.15, -0.1) is 0 Å². The lowest BCUT2D eigenvalue weighted by atomic mass is 10.2. The molecule has 0 bridgehead atoms. The van der Waals surface area contributed by atoms with E-state index in [2.05, 4.69) is 43.4 Å². The van der Waals surface area contributed by atoms with Crippen molar-refractivity contribution in [1.82, 2.24) is 0 Å². The molecule has 1 aromatic carbocycles. The van der Waals surface area contributed by atoms with Crippen molar-refractivity contribution in [2.24, 2.45) is 5.92 Å². The van der Waals surface area contributed by atoms with Gasteiger partial charge >= 0.3 is 0 Å². The molecule has 1 radical (unpaired) electrons. The highest BCUT2D eigenvalue weighted by Gasteiger charge is 1.99. The third-order valence-corrected chi connectivity index (χ3v) is 2.14. The van der Waals surface area contributed by atoms with Crippen molar-refractivity contribution in [3.05, 3.63) is 34.3 Å². The fraction of sp³-hybridized carbons (Fsp3) is 0.364. The Morgan fingerprint density at radius 1 is 1.38 bits per heavy atom. The largest absolute Gasteiger partial charge is 0.493 e. The number of benzene rings is 1. The average molecular weight is 289 g/mol. The van der Waals surface area contributed by atoms with Gasteiger partial charge in [0.15, 0.2) is 0 Å². The zero-order valence-electron chi connectivity index (χ0n) is 8.01. The predicted octanol–water partition coefficient (Wildman–Crippen LogP) is 3.51. The second-order valence-corrected chi connectivity index (χ2v) is 4.75. The quantitative estimate of drug-likeness (QED) is 0.774. The van der Waals surface area contributed by atoms with E-state index in [-0.39, 0.29) is 0 Å². The molecular formula is C11H14IO. The summed E-state index contributed by atoms with van der Waals surface area (Å²) in [5.41, 5.74) is 1.01. The number of halogens is 1. The zero-order valence-corrected chi connectivity index (χ0v) is 10.2. The summed E-state index contributed by atoms with van der Waals surface area (Å²) in [7, 11) is 0. The summed E-state index contributed by atoms with van der Waals surface area (Å²) in [5, 5.41) is 0. The van der Waals surface area contributed by atoms with Gasteiger partial charge in [-0.05, 0) is 59.2 Å². The molecule has 0 spiro atoms. The molecule has 0 aromatic heterocycles. The first-order valence-corrected chi connectivity index (χ1v) is 5.41. The van der Waals surface area contributed by atoms with Crippen LogP contribution in [0.25, 0.3) is 0 Å². The van der Waals surface area contributed by atoms with Crippen LogP contribution in [-0.2, 0) is 0 Å². The lowest BCUT2D eigenvalue weighted by Gasteiger charge is -2.09. The molecule has 1 nitrogen and oxygen atoms in total. The lowest BCUT2D eigenvalue weighted by Crippen LogP contribution is -2.04. The van der Waals surface area contributed by atoms with Crippen LogP contribution in [-0.4, -0.2) is 6.61 Å². The summed E-state index contributed by atoms with van der Waals surface area (Å²) in [6.07, 6.45) is 0. The first-order chi connectivity index (χ1) is 6.08. The fourth-order valence-electron chi connectivity index (χ4n) is 0.967. The van der Waals surface area contributed by atoms with Crippen LogP contribution in [0.1, 0.15) is 19.4 Å². The van der Waals surface area contributed by atoms with Crippen molar-refractivity contribution in [2.45, 2.75) is 13.8 Å². The van der Waals surface area contributed by atoms with E-state index in [0.29, 0.717) is 5.92 Å². The maximum atomic E-state index is 5.58. The summed E-state index contributed by atoms with van der Waals surface area (Å²) in [5.74, 6) is 1.48. The standard InChI is InChI=1S/C11H14IO/c1-8(2)7-13-11-5-9(3)4-10(12)6-11/h4-6,8H,3,7H2,1-2H3. The Hall–Kier alpha value is -0.250. The molecule has 13 heavy (non-hydrogen) atoms. The van der Waals surface area contributed by atoms with E-state index in [1.54, 1.807) is 0 Å². The molecule has 0 aliphatic carbocycles. The van der Waals surface area contributed by atoms with Crippen LogP contribution < -0.4 is 4.74 Å². The zero-order chi connectivity index (χ0) is 9.84.